The number of hydrogen-bond donors (Lipinski definition) is 0. The smallest absolute Gasteiger partial charge is 0.262 e. The molecule has 2 rings (SSSR count). The molecule has 2 aromatic rings. The second-order valence-corrected chi connectivity index (χ2v) is 5.33. The molecule has 0 radical (unpaired) electrons. The fourth-order valence-electron chi connectivity index (χ4n) is 1.61. The molecule has 0 spiro atoms. The maximum atomic E-state index is 12.2. The Morgan fingerprint density at radius 1 is 1.50 bits per heavy atom. The van der Waals surface area contributed by atoms with Crippen LogP contribution in [0, 0.1) is 3.57 Å². The molecule has 1 aromatic heterocycles. The van der Waals surface area contributed by atoms with Crippen LogP contribution in [0.1, 0.15) is 6.92 Å². The van der Waals surface area contributed by atoms with Gasteiger partial charge in [0, 0.05) is 10.1 Å². The number of fused-ring (bicyclic) bond motifs is 1. The molecule has 1 heterocycles. The molecule has 0 aliphatic rings. The Hall–Kier alpha value is -0.560. The maximum Gasteiger partial charge on any atom is 0.262 e. The van der Waals surface area contributed by atoms with Gasteiger partial charge in [0.1, 0.15) is 0 Å². The Morgan fingerprint density at radius 2 is 2.25 bits per heavy atom. The summed E-state index contributed by atoms with van der Waals surface area (Å²) >= 11 is 3.71. The number of halogens is 1. The van der Waals surface area contributed by atoms with Crippen molar-refractivity contribution in [2.45, 2.75) is 18.6 Å². The van der Waals surface area contributed by atoms with E-state index in [1.54, 1.807) is 4.57 Å². The van der Waals surface area contributed by atoms with Crippen molar-refractivity contribution in [2.75, 3.05) is 6.26 Å². The summed E-state index contributed by atoms with van der Waals surface area (Å²) in [6.45, 7) is 2.62. The summed E-state index contributed by atoms with van der Waals surface area (Å²) in [5.74, 6) is 0. The van der Waals surface area contributed by atoms with E-state index in [4.69, 9.17) is 0 Å². The van der Waals surface area contributed by atoms with E-state index in [-0.39, 0.29) is 5.56 Å². The van der Waals surface area contributed by atoms with Crippen molar-refractivity contribution in [2.24, 2.45) is 0 Å². The normalized spacial score (nSPS) is 10.9. The van der Waals surface area contributed by atoms with Crippen LogP contribution in [0.25, 0.3) is 10.9 Å². The molecular weight excluding hydrogens is 335 g/mol. The largest absolute Gasteiger partial charge is 0.287 e. The Labute approximate surface area is 111 Å². The standard InChI is InChI=1S/C11H11IN2OS/c1-3-14-10(15)8-6-7(12)4-5-9(8)13-11(14)16-2/h4-6H,3H2,1-2H3. The number of thioether (sulfide) groups is 1. The predicted octanol–water partition coefficient (Wildman–Crippen LogP) is 2.74. The van der Waals surface area contributed by atoms with Crippen LogP contribution in [-0.2, 0) is 6.54 Å². The highest BCUT2D eigenvalue weighted by Crippen LogP contribution is 2.17. The molecule has 0 aliphatic carbocycles. The van der Waals surface area contributed by atoms with Crippen molar-refractivity contribution in [1.29, 1.82) is 0 Å². The van der Waals surface area contributed by atoms with Crippen molar-refractivity contribution in [3.8, 4) is 0 Å². The monoisotopic (exact) mass is 346 g/mol. The van der Waals surface area contributed by atoms with Gasteiger partial charge >= 0.3 is 0 Å². The van der Waals surface area contributed by atoms with E-state index < -0.39 is 0 Å². The lowest BCUT2D eigenvalue weighted by atomic mass is 10.2. The summed E-state index contributed by atoms with van der Waals surface area (Å²) in [7, 11) is 0. The summed E-state index contributed by atoms with van der Waals surface area (Å²) in [6.07, 6.45) is 1.94. The summed E-state index contributed by atoms with van der Waals surface area (Å²) in [5.41, 5.74) is 0.829. The van der Waals surface area contributed by atoms with E-state index in [9.17, 15) is 4.79 Å². The lowest BCUT2D eigenvalue weighted by molar-refractivity contribution is 0.635. The first-order chi connectivity index (χ1) is 7.67. The van der Waals surface area contributed by atoms with Gasteiger partial charge < -0.3 is 0 Å². The average Bonchev–Trinajstić information content (AvgIpc) is 2.29. The lowest BCUT2D eigenvalue weighted by Crippen LogP contribution is -2.22. The van der Waals surface area contributed by atoms with Gasteiger partial charge in [-0.25, -0.2) is 4.98 Å². The van der Waals surface area contributed by atoms with Gasteiger partial charge in [-0.3, -0.25) is 9.36 Å². The zero-order chi connectivity index (χ0) is 11.7. The fraction of sp³-hybridized carbons (Fsp3) is 0.273. The first kappa shape index (κ1) is 11.9. The summed E-state index contributed by atoms with van der Waals surface area (Å²) < 4.78 is 2.77. The van der Waals surface area contributed by atoms with Crippen LogP contribution >= 0.6 is 34.4 Å². The van der Waals surface area contributed by atoms with Gasteiger partial charge in [-0.05, 0) is 54.0 Å². The lowest BCUT2D eigenvalue weighted by Gasteiger charge is -2.09. The zero-order valence-corrected chi connectivity index (χ0v) is 12.0. The molecule has 0 amide bonds. The van der Waals surface area contributed by atoms with Crippen molar-refractivity contribution in [3.63, 3.8) is 0 Å². The minimum Gasteiger partial charge on any atom is -0.287 e. The number of rotatable bonds is 2. The quantitative estimate of drug-likeness (QED) is 0.477. The van der Waals surface area contributed by atoms with Gasteiger partial charge in [0.15, 0.2) is 5.16 Å². The predicted molar refractivity (Wildman–Crippen MR) is 76.2 cm³/mol. The molecular formula is C11H11IN2OS. The molecule has 0 aliphatic heterocycles. The molecule has 0 saturated carbocycles. The van der Waals surface area contributed by atoms with Crippen LogP contribution in [0.5, 0.6) is 0 Å². The minimum absolute atomic E-state index is 0.0513. The molecule has 0 N–H and O–H groups in total. The van der Waals surface area contributed by atoms with E-state index in [2.05, 4.69) is 27.6 Å². The van der Waals surface area contributed by atoms with Crippen LogP contribution in [0.4, 0.5) is 0 Å². The van der Waals surface area contributed by atoms with Crippen LogP contribution in [0.3, 0.4) is 0 Å². The Bertz CT molecular complexity index is 594. The van der Waals surface area contributed by atoms with Crippen molar-refractivity contribution in [1.82, 2.24) is 9.55 Å². The Morgan fingerprint density at radius 3 is 2.88 bits per heavy atom. The van der Waals surface area contributed by atoms with Gasteiger partial charge in [-0.15, -0.1) is 0 Å². The Balaban J connectivity index is 2.88. The van der Waals surface area contributed by atoms with Gasteiger partial charge in [-0.1, -0.05) is 11.8 Å². The van der Waals surface area contributed by atoms with Gasteiger partial charge in [0.25, 0.3) is 5.56 Å². The molecule has 84 valence electrons. The van der Waals surface area contributed by atoms with Gasteiger partial charge in [0.05, 0.1) is 10.9 Å². The summed E-state index contributed by atoms with van der Waals surface area (Å²) in [5, 5.41) is 1.48. The second kappa shape index (κ2) is 4.75. The number of benzene rings is 1. The molecule has 0 unspecified atom stereocenters. The number of hydrogen-bond acceptors (Lipinski definition) is 3. The Kier molecular flexibility index (Phi) is 3.53. The summed E-state index contributed by atoms with van der Waals surface area (Å²) in [6, 6.07) is 5.76. The van der Waals surface area contributed by atoms with Crippen LogP contribution in [0.15, 0.2) is 28.2 Å². The van der Waals surface area contributed by atoms with Crippen molar-refractivity contribution < 1.29 is 0 Å². The third kappa shape index (κ3) is 1.98. The SMILES string of the molecule is CCn1c(SC)nc2ccc(I)cc2c1=O. The van der Waals surface area contributed by atoms with Gasteiger partial charge in [-0.2, -0.15) is 0 Å². The molecule has 5 heteroatoms. The molecule has 0 bridgehead atoms. The average molecular weight is 346 g/mol. The molecule has 0 fully saturated rings. The van der Waals surface area contributed by atoms with E-state index in [1.165, 1.54) is 11.8 Å². The van der Waals surface area contributed by atoms with E-state index in [0.717, 1.165) is 14.2 Å². The second-order valence-electron chi connectivity index (χ2n) is 3.31. The van der Waals surface area contributed by atoms with Crippen LogP contribution < -0.4 is 5.56 Å². The minimum atomic E-state index is 0.0513. The zero-order valence-electron chi connectivity index (χ0n) is 9.03. The third-order valence-electron chi connectivity index (χ3n) is 2.38. The maximum absolute atomic E-state index is 12.2. The molecule has 16 heavy (non-hydrogen) atoms. The number of aromatic nitrogens is 2. The summed E-state index contributed by atoms with van der Waals surface area (Å²) in [4.78, 5) is 16.7. The molecule has 0 saturated heterocycles. The van der Waals surface area contributed by atoms with Gasteiger partial charge in [0.2, 0.25) is 0 Å². The fourth-order valence-corrected chi connectivity index (χ4v) is 2.72. The highest BCUT2D eigenvalue weighted by Gasteiger charge is 2.08. The number of nitrogens with zero attached hydrogens (tertiary/aromatic N) is 2. The van der Waals surface area contributed by atoms with Crippen molar-refractivity contribution >= 4 is 45.3 Å². The van der Waals surface area contributed by atoms with Crippen LogP contribution in [0.2, 0.25) is 0 Å². The van der Waals surface area contributed by atoms with Crippen molar-refractivity contribution in [3.05, 3.63) is 32.1 Å². The highest BCUT2D eigenvalue weighted by molar-refractivity contribution is 14.1. The third-order valence-corrected chi connectivity index (χ3v) is 3.73. The van der Waals surface area contributed by atoms with E-state index in [0.29, 0.717) is 11.9 Å². The topological polar surface area (TPSA) is 34.9 Å². The van der Waals surface area contributed by atoms with Crippen LogP contribution in [-0.4, -0.2) is 15.8 Å². The van der Waals surface area contributed by atoms with E-state index >= 15 is 0 Å². The first-order valence-electron chi connectivity index (χ1n) is 4.91. The molecule has 0 atom stereocenters. The molecule has 3 nitrogen and oxygen atoms in total. The first-order valence-corrected chi connectivity index (χ1v) is 7.21. The molecule has 1 aromatic carbocycles. The highest BCUT2D eigenvalue weighted by atomic mass is 127. The van der Waals surface area contributed by atoms with E-state index in [1.807, 2.05) is 31.4 Å².